The summed E-state index contributed by atoms with van der Waals surface area (Å²) in [6.45, 7) is 0. The van der Waals surface area contributed by atoms with Gasteiger partial charge in [-0.3, -0.25) is 0 Å². The number of nitrogens with zero attached hydrogens (tertiary/aromatic N) is 1. The van der Waals surface area contributed by atoms with Crippen molar-refractivity contribution in [3.63, 3.8) is 0 Å². The van der Waals surface area contributed by atoms with Crippen molar-refractivity contribution in [2.45, 2.75) is 4.90 Å². The Morgan fingerprint density at radius 2 is 2.14 bits per heavy atom. The van der Waals surface area contributed by atoms with E-state index >= 15 is 0 Å². The number of rotatable bonds is 1. The number of aromatic nitrogens is 1. The fraction of sp³-hybridized carbons (Fsp3) is 0.125. The molecule has 14 heavy (non-hydrogen) atoms. The van der Waals surface area contributed by atoms with E-state index in [4.69, 9.17) is 11.6 Å². The van der Waals surface area contributed by atoms with E-state index in [1.54, 1.807) is 12.1 Å². The van der Waals surface area contributed by atoms with Gasteiger partial charge in [0.1, 0.15) is 0 Å². The Hall–Kier alpha value is -0.650. The summed E-state index contributed by atoms with van der Waals surface area (Å²) in [5, 5.41) is 0. The van der Waals surface area contributed by atoms with Crippen molar-refractivity contribution in [2.75, 3.05) is 6.26 Å². The molecule has 0 atom stereocenters. The Morgan fingerprint density at radius 3 is 2.79 bits per heavy atom. The monoisotopic (exact) mass is 247 g/mol. The number of halogens is 1. The van der Waals surface area contributed by atoms with Crippen molar-refractivity contribution >= 4 is 43.0 Å². The van der Waals surface area contributed by atoms with Crippen LogP contribution in [-0.2, 0) is 9.84 Å². The van der Waals surface area contributed by atoms with Crippen LogP contribution in [0.4, 0.5) is 0 Å². The lowest BCUT2D eigenvalue weighted by Crippen LogP contribution is -1.95. The molecule has 0 radical (unpaired) electrons. The normalized spacial score (nSPS) is 12.1. The van der Waals surface area contributed by atoms with Crippen molar-refractivity contribution in [1.29, 1.82) is 0 Å². The Balaban J connectivity index is 2.74. The second kappa shape index (κ2) is 3.18. The van der Waals surface area contributed by atoms with Gasteiger partial charge in [-0.1, -0.05) is 11.6 Å². The smallest absolute Gasteiger partial charge is 0.184 e. The molecule has 1 heterocycles. The molecule has 0 saturated carbocycles. The van der Waals surface area contributed by atoms with Crippen LogP contribution in [0, 0.1) is 0 Å². The van der Waals surface area contributed by atoms with Gasteiger partial charge in [0.05, 0.1) is 15.1 Å². The van der Waals surface area contributed by atoms with Gasteiger partial charge in [-0.15, -0.1) is 11.3 Å². The molecule has 0 amide bonds. The van der Waals surface area contributed by atoms with E-state index in [0.29, 0.717) is 9.36 Å². The molecule has 0 saturated heterocycles. The third kappa shape index (κ3) is 1.75. The summed E-state index contributed by atoms with van der Waals surface area (Å²) in [6.07, 6.45) is 1.18. The van der Waals surface area contributed by atoms with E-state index in [2.05, 4.69) is 4.98 Å². The minimum atomic E-state index is -3.15. The Labute approximate surface area is 90.3 Å². The van der Waals surface area contributed by atoms with Crippen LogP contribution in [0.1, 0.15) is 0 Å². The van der Waals surface area contributed by atoms with Crippen LogP contribution >= 0.6 is 22.9 Å². The van der Waals surface area contributed by atoms with Crippen molar-refractivity contribution in [3.8, 4) is 0 Å². The van der Waals surface area contributed by atoms with E-state index in [-0.39, 0.29) is 0 Å². The summed E-state index contributed by atoms with van der Waals surface area (Å²) in [4.78, 5) is 4.32. The number of hydrogen-bond donors (Lipinski definition) is 0. The Morgan fingerprint density at radius 1 is 1.43 bits per heavy atom. The first kappa shape index (κ1) is 9.89. The lowest BCUT2D eigenvalue weighted by Gasteiger charge is -1.96. The molecule has 1 aromatic heterocycles. The highest BCUT2D eigenvalue weighted by molar-refractivity contribution is 7.90. The van der Waals surface area contributed by atoms with Gasteiger partial charge < -0.3 is 0 Å². The highest BCUT2D eigenvalue weighted by Gasteiger charge is 2.09. The number of thiazole rings is 1. The number of fused-ring (bicyclic) bond motifs is 1. The highest BCUT2D eigenvalue weighted by atomic mass is 35.5. The summed E-state index contributed by atoms with van der Waals surface area (Å²) in [6, 6.07) is 4.79. The second-order valence-corrected chi connectivity index (χ2v) is 6.50. The average Bonchev–Trinajstić information content (AvgIpc) is 2.41. The standard InChI is InChI=1S/C8H6ClNO2S2/c1-14(11,12)5-2-3-6-7(4-5)13-8(9)10-6/h2-4H,1H3. The van der Waals surface area contributed by atoms with Crippen LogP contribution in [0.15, 0.2) is 23.1 Å². The van der Waals surface area contributed by atoms with Crippen molar-refractivity contribution in [3.05, 3.63) is 22.7 Å². The zero-order chi connectivity index (χ0) is 10.3. The maximum atomic E-state index is 11.2. The summed E-state index contributed by atoms with van der Waals surface area (Å²) in [5.74, 6) is 0. The molecule has 0 aliphatic carbocycles. The molecule has 0 bridgehead atoms. The molecule has 0 fully saturated rings. The highest BCUT2D eigenvalue weighted by Crippen LogP contribution is 2.27. The van der Waals surface area contributed by atoms with Crippen LogP contribution in [0.2, 0.25) is 4.47 Å². The molecule has 3 nitrogen and oxygen atoms in total. The molecule has 6 heteroatoms. The van der Waals surface area contributed by atoms with Crippen molar-refractivity contribution in [1.82, 2.24) is 4.98 Å². The van der Waals surface area contributed by atoms with Gasteiger partial charge in [0.25, 0.3) is 0 Å². The topological polar surface area (TPSA) is 47.0 Å². The van der Waals surface area contributed by atoms with E-state index < -0.39 is 9.84 Å². The van der Waals surface area contributed by atoms with E-state index in [0.717, 1.165) is 10.2 Å². The summed E-state index contributed by atoms with van der Waals surface area (Å²) in [7, 11) is -3.15. The molecule has 0 aliphatic rings. The molecule has 2 aromatic rings. The summed E-state index contributed by atoms with van der Waals surface area (Å²) < 4.78 is 23.7. The quantitative estimate of drug-likeness (QED) is 0.777. The molecule has 2 rings (SSSR count). The predicted molar refractivity (Wildman–Crippen MR) is 57.7 cm³/mol. The van der Waals surface area contributed by atoms with Crippen LogP contribution in [0.25, 0.3) is 10.2 Å². The van der Waals surface area contributed by atoms with Crippen molar-refractivity contribution < 1.29 is 8.42 Å². The molecule has 1 aromatic carbocycles. The summed E-state index contributed by atoms with van der Waals surface area (Å²) >= 11 is 6.98. The first-order valence-corrected chi connectivity index (χ1v) is 6.81. The fourth-order valence-electron chi connectivity index (χ4n) is 1.11. The molecule has 74 valence electrons. The molecule has 0 unspecified atom stereocenters. The van der Waals surface area contributed by atoms with Crippen LogP contribution in [0.3, 0.4) is 0 Å². The number of benzene rings is 1. The van der Waals surface area contributed by atoms with Gasteiger partial charge >= 0.3 is 0 Å². The van der Waals surface area contributed by atoms with Gasteiger partial charge in [0.15, 0.2) is 14.3 Å². The van der Waals surface area contributed by atoms with Gasteiger partial charge in [-0.25, -0.2) is 13.4 Å². The SMILES string of the molecule is CS(=O)(=O)c1ccc2nc(Cl)sc2c1. The van der Waals surface area contributed by atoms with Crippen LogP contribution in [0.5, 0.6) is 0 Å². The van der Waals surface area contributed by atoms with Gasteiger partial charge in [-0.2, -0.15) is 0 Å². The number of sulfone groups is 1. The van der Waals surface area contributed by atoms with Gasteiger partial charge in [0, 0.05) is 6.26 Å². The van der Waals surface area contributed by atoms with Crippen LogP contribution in [-0.4, -0.2) is 19.7 Å². The minimum absolute atomic E-state index is 0.297. The molecular formula is C8H6ClNO2S2. The Kier molecular flexibility index (Phi) is 2.25. The lowest BCUT2D eigenvalue weighted by atomic mass is 10.3. The first-order chi connectivity index (χ1) is 6.47. The largest absolute Gasteiger partial charge is 0.225 e. The number of hydrogen-bond acceptors (Lipinski definition) is 4. The molecule has 0 spiro atoms. The van der Waals surface area contributed by atoms with E-state index in [1.807, 2.05) is 0 Å². The fourth-order valence-corrected chi connectivity index (χ4v) is 2.90. The minimum Gasteiger partial charge on any atom is -0.225 e. The zero-order valence-electron chi connectivity index (χ0n) is 7.19. The van der Waals surface area contributed by atoms with Crippen LogP contribution < -0.4 is 0 Å². The molecular weight excluding hydrogens is 242 g/mol. The maximum absolute atomic E-state index is 11.2. The molecule has 0 aliphatic heterocycles. The van der Waals surface area contributed by atoms with Crippen molar-refractivity contribution in [2.24, 2.45) is 0 Å². The van der Waals surface area contributed by atoms with E-state index in [1.165, 1.54) is 23.7 Å². The van der Waals surface area contributed by atoms with E-state index in [9.17, 15) is 8.42 Å². The average molecular weight is 248 g/mol. The summed E-state index contributed by atoms with van der Waals surface area (Å²) in [5.41, 5.74) is 0.729. The third-order valence-electron chi connectivity index (χ3n) is 1.76. The maximum Gasteiger partial charge on any atom is 0.184 e. The lowest BCUT2D eigenvalue weighted by molar-refractivity contribution is 0.602. The van der Waals surface area contributed by atoms with Gasteiger partial charge in [0.2, 0.25) is 0 Å². The predicted octanol–water partition coefficient (Wildman–Crippen LogP) is 2.35. The Bertz CT molecular complexity index is 588. The third-order valence-corrected chi connectivity index (χ3v) is 3.99. The van der Waals surface area contributed by atoms with Gasteiger partial charge in [-0.05, 0) is 18.2 Å². The zero-order valence-corrected chi connectivity index (χ0v) is 9.58. The second-order valence-electron chi connectivity index (χ2n) is 2.87. The first-order valence-electron chi connectivity index (χ1n) is 3.73. The molecule has 0 N–H and O–H groups in total.